The summed E-state index contributed by atoms with van der Waals surface area (Å²) < 4.78 is 69.3. The fourth-order valence-corrected chi connectivity index (χ4v) is 9.11. The summed E-state index contributed by atoms with van der Waals surface area (Å²) in [6.45, 7) is 7.72. The Morgan fingerprint density at radius 2 is 1.70 bits per heavy atom. The Labute approximate surface area is 388 Å². The first kappa shape index (κ1) is 49.8. The van der Waals surface area contributed by atoms with Crippen molar-refractivity contribution in [3.05, 3.63) is 89.2 Å². The fraction of sp³-hybridized carbons (Fsp3) is 0.386. The molecule has 0 aliphatic carbocycles. The van der Waals surface area contributed by atoms with Crippen molar-refractivity contribution < 1.29 is 50.6 Å². The summed E-state index contributed by atoms with van der Waals surface area (Å²) in [5.41, 5.74) is 10.2. The van der Waals surface area contributed by atoms with Crippen LogP contribution in [0.1, 0.15) is 68.1 Å². The van der Waals surface area contributed by atoms with E-state index in [0.717, 1.165) is 21.7 Å². The summed E-state index contributed by atoms with van der Waals surface area (Å²) in [5.74, 6) is -3.85. The number of ether oxygens (including phenoxy) is 1. The quantitative estimate of drug-likeness (QED) is 0.0513. The molecule has 0 radical (unpaired) electrons. The Morgan fingerprint density at radius 3 is 2.34 bits per heavy atom. The molecule has 358 valence electrons. The molecule has 67 heavy (non-hydrogen) atoms. The summed E-state index contributed by atoms with van der Waals surface area (Å²) in [6.07, 6.45) is -3.42. The number of alkyl halides is 3. The Kier molecular flexibility index (Phi) is 15.6. The number of primary amides is 1. The molecule has 1 saturated heterocycles. The van der Waals surface area contributed by atoms with E-state index in [-0.39, 0.29) is 67.1 Å². The monoisotopic (exact) mass is 968 g/mol. The van der Waals surface area contributed by atoms with E-state index in [0.29, 0.717) is 24.1 Å². The number of rotatable bonds is 19. The molecule has 2 aromatic carbocycles. The average Bonchev–Trinajstić information content (AvgIpc) is 3.99. The second kappa shape index (κ2) is 20.9. The number of anilines is 3. The number of nitrogens with two attached hydrogens (primary N) is 1. The van der Waals surface area contributed by atoms with Gasteiger partial charge in [-0.2, -0.15) is 18.3 Å². The largest absolute Gasteiger partial charge is 0.478 e. The predicted molar refractivity (Wildman–Crippen MR) is 245 cm³/mol. The molecule has 8 N–H and O–H groups in total. The highest BCUT2D eigenvalue weighted by Crippen LogP contribution is 2.32. The maximum absolute atomic E-state index is 14.0. The van der Waals surface area contributed by atoms with Crippen molar-refractivity contribution >= 4 is 62.2 Å². The summed E-state index contributed by atoms with van der Waals surface area (Å²) in [6, 6.07) is 14.1. The third-order valence-electron chi connectivity index (χ3n) is 10.6. The number of benzene rings is 2. The van der Waals surface area contributed by atoms with Gasteiger partial charge in [0.2, 0.25) is 33.6 Å². The summed E-state index contributed by atoms with van der Waals surface area (Å²) in [4.78, 5) is 64.2. The van der Waals surface area contributed by atoms with Gasteiger partial charge >= 0.3 is 6.18 Å². The lowest BCUT2D eigenvalue weighted by atomic mass is 9.85. The first-order chi connectivity index (χ1) is 31.6. The number of nitrogens with one attached hydrogen (secondary N) is 5. The van der Waals surface area contributed by atoms with Gasteiger partial charge in [-0.3, -0.25) is 29.0 Å². The molecule has 0 spiro atoms. The van der Waals surface area contributed by atoms with E-state index >= 15 is 0 Å². The summed E-state index contributed by atoms with van der Waals surface area (Å²) in [7, 11) is -4.71. The van der Waals surface area contributed by atoms with Crippen LogP contribution in [0, 0.1) is 12.3 Å². The standard InChI is InChI=1S/C44H51F3N10O8S2/c1-25-37(66-24-51-25)28-10-8-26(9-11-28)21-50-41(61)32-20-31(58)22-57(32)42(62)38(43(2,3)4)53-33(59)7-5-6-18-65-34-19-30(16-17-49-34)52-40-35(39(48)60)36(54-55-40)27-12-14-29(15-13-27)56-67(63,64)23-44(45,46)47/h8-17,19,24,31-32,38,56,58H,5-7,18,20-23H2,1-4H3,(H2,48,60)(H,50,61)(H,53,59)(H2,49,52,54,55)/t31-,32+,38-/m1/s1. The number of hydrogen-bond donors (Lipinski definition) is 7. The minimum Gasteiger partial charge on any atom is -0.478 e. The maximum atomic E-state index is 14.0. The van der Waals surface area contributed by atoms with Gasteiger partial charge in [-0.15, -0.1) is 11.3 Å². The van der Waals surface area contributed by atoms with E-state index in [1.54, 1.807) is 29.0 Å². The molecule has 4 amide bonds. The number of β-amino-alcohol motifs (C(OH)–C–C–N with tert-alkyl or cyclic N) is 1. The molecule has 5 aromatic rings. The predicted octanol–water partition coefficient (Wildman–Crippen LogP) is 5.41. The number of aliphatic hydroxyl groups is 1. The minimum atomic E-state index is -4.93. The van der Waals surface area contributed by atoms with Gasteiger partial charge in [0.1, 0.15) is 29.2 Å². The number of pyridine rings is 1. The first-order valence-electron chi connectivity index (χ1n) is 21.0. The molecule has 3 aromatic heterocycles. The molecule has 0 bridgehead atoms. The van der Waals surface area contributed by atoms with Crippen LogP contribution in [0.3, 0.4) is 0 Å². The van der Waals surface area contributed by atoms with Crippen LogP contribution in [0.15, 0.2) is 72.4 Å². The number of sulfonamides is 1. The van der Waals surface area contributed by atoms with Crippen LogP contribution < -0.4 is 31.1 Å². The topological polar surface area (TPSA) is 264 Å². The van der Waals surface area contributed by atoms with Gasteiger partial charge < -0.3 is 36.4 Å². The van der Waals surface area contributed by atoms with Crippen LogP contribution in [-0.2, 0) is 31.0 Å². The van der Waals surface area contributed by atoms with E-state index < -0.39 is 63.3 Å². The number of hydrogen-bond acceptors (Lipinski definition) is 13. The number of unbranched alkanes of at least 4 members (excludes halogenated alkanes) is 1. The average molecular weight is 969 g/mol. The van der Waals surface area contributed by atoms with Crippen molar-refractivity contribution in [2.24, 2.45) is 11.1 Å². The van der Waals surface area contributed by atoms with Crippen molar-refractivity contribution in [3.63, 3.8) is 0 Å². The molecule has 1 aliphatic rings. The zero-order valence-corrected chi connectivity index (χ0v) is 38.6. The zero-order valence-electron chi connectivity index (χ0n) is 36.9. The van der Waals surface area contributed by atoms with Crippen LogP contribution in [0.2, 0.25) is 0 Å². The maximum Gasteiger partial charge on any atom is 0.404 e. The van der Waals surface area contributed by atoms with Crippen LogP contribution in [0.4, 0.5) is 30.4 Å². The highest BCUT2D eigenvalue weighted by atomic mass is 32.2. The highest BCUT2D eigenvalue weighted by molar-refractivity contribution is 7.92. The number of H-pyrrole nitrogens is 1. The van der Waals surface area contributed by atoms with Crippen LogP contribution in [-0.4, -0.2) is 105 Å². The molecular weight excluding hydrogens is 918 g/mol. The second-order valence-corrected chi connectivity index (χ2v) is 19.6. The third kappa shape index (κ3) is 13.5. The SMILES string of the molecule is Cc1ncsc1-c1ccc(CNC(=O)[C@@H]2C[C@@H](O)CN2C(=O)[C@@H](NC(=O)CCCCOc2cc(Nc3[nH]nc(-c4ccc(NS(=O)(=O)CC(F)(F)F)cc4)c3C(N)=O)ccn2)C(C)(C)C)cc1. The van der Waals surface area contributed by atoms with E-state index in [4.69, 9.17) is 10.5 Å². The number of thiazole rings is 1. The molecule has 1 fully saturated rings. The van der Waals surface area contributed by atoms with Gasteiger partial charge in [0.25, 0.3) is 5.91 Å². The number of amides is 4. The molecule has 18 nitrogen and oxygen atoms in total. The summed E-state index contributed by atoms with van der Waals surface area (Å²) in [5, 5.41) is 26.2. The van der Waals surface area contributed by atoms with Crippen LogP contribution in [0.25, 0.3) is 21.7 Å². The highest BCUT2D eigenvalue weighted by Gasteiger charge is 2.44. The van der Waals surface area contributed by atoms with Crippen molar-refractivity contribution in [2.75, 3.05) is 28.9 Å². The van der Waals surface area contributed by atoms with Crippen molar-refractivity contribution in [1.29, 1.82) is 0 Å². The van der Waals surface area contributed by atoms with Crippen molar-refractivity contribution in [3.8, 4) is 27.6 Å². The Hall–Kier alpha value is -6.59. The molecule has 1 aliphatic heterocycles. The van der Waals surface area contributed by atoms with Gasteiger partial charge in [0.15, 0.2) is 5.75 Å². The molecule has 3 atom stereocenters. The molecular formula is C44H51F3N10O8S2. The van der Waals surface area contributed by atoms with E-state index in [2.05, 4.69) is 36.1 Å². The number of aryl methyl sites for hydroxylation is 1. The van der Waals surface area contributed by atoms with E-state index in [9.17, 15) is 45.9 Å². The van der Waals surface area contributed by atoms with Crippen LogP contribution >= 0.6 is 11.3 Å². The van der Waals surface area contributed by atoms with Crippen molar-refractivity contribution in [2.45, 2.75) is 84.3 Å². The van der Waals surface area contributed by atoms with Gasteiger partial charge in [0, 0.05) is 55.1 Å². The lowest BCUT2D eigenvalue weighted by Crippen LogP contribution is -2.57. The minimum absolute atomic E-state index is 0.0508. The number of likely N-dealkylation sites (tertiary alicyclic amines) is 1. The molecule has 4 heterocycles. The smallest absolute Gasteiger partial charge is 0.404 e. The van der Waals surface area contributed by atoms with Crippen LogP contribution in [0.5, 0.6) is 5.88 Å². The van der Waals surface area contributed by atoms with Gasteiger partial charge in [0.05, 0.1) is 28.8 Å². The lowest BCUT2D eigenvalue weighted by molar-refractivity contribution is -0.144. The van der Waals surface area contributed by atoms with Gasteiger partial charge in [-0.05, 0) is 54.5 Å². The Morgan fingerprint density at radius 1 is 1.00 bits per heavy atom. The zero-order chi connectivity index (χ0) is 48.7. The number of halogens is 3. The van der Waals surface area contributed by atoms with Crippen molar-refractivity contribution in [1.82, 2.24) is 35.7 Å². The number of aromatic amines is 1. The number of aliphatic hydroxyl groups excluding tert-OH is 1. The summed E-state index contributed by atoms with van der Waals surface area (Å²) >= 11 is 1.55. The number of aromatic nitrogens is 4. The second-order valence-electron chi connectivity index (χ2n) is 17.0. The lowest BCUT2D eigenvalue weighted by Gasteiger charge is -2.35. The van der Waals surface area contributed by atoms with Gasteiger partial charge in [-0.1, -0.05) is 57.2 Å². The first-order valence-corrected chi connectivity index (χ1v) is 23.6. The molecule has 0 unspecified atom stereocenters. The van der Waals surface area contributed by atoms with Gasteiger partial charge in [-0.25, -0.2) is 18.4 Å². The normalized spacial score (nSPS) is 15.7. The molecule has 0 saturated carbocycles. The molecule has 6 rings (SSSR count). The van der Waals surface area contributed by atoms with E-state index in [1.807, 2.05) is 56.7 Å². The third-order valence-corrected chi connectivity index (χ3v) is 12.8. The number of carbonyl (C=O) groups excluding carboxylic acids is 4. The number of nitrogens with zero attached hydrogens (tertiary/aromatic N) is 4. The van der Waals surface area contributed by atoms with E-state index in [1.165, 1.54) is 35.4 Å². The fourth-order valence-electron chi connectivity index (χ4n) is 7.30. The molecule has 23 heteroatoms. The Balaban J connectivity index is 0.979. The Bertz CT molecular complexity index is 2670. The number of carbonyl (C=O) groups is 4.